The van der Waals surface area contributed by atoms with E-state index < -0.39 is 64.9 Å². The summed E-state index contributed by atoms with van der Waals surface area (Å²) < 4.78 is 17.2. The molecular formula is C28H40O9. The van der Waals surface area contributed by atoms with Gasteiger partial charge in [-0.2, -0.15) is 0 Å². The Balaban J connectivity index is 1.39. The number of Topliss-reactive ketones (excluding diaryl/α,β-unsaturated/α-hetero) is 3. The van der Waals surface area contributed by atoms with Crippen LogP contribution in [-0.2, 0) is 28.6 Å². The normalized spacial score (nSPS) is 51.7. The lowest BCUT2D eigenvalue weighted by Crippen LogP contribution is -2.66. The quantitative estimate of drug-likeness (QED) is 0.471. The van der Waals surface area contributed by atoms with Crippen molar-refractivity contribution in [2.45, 2.75) is 109 Å². The van der Waals surface area contributed by atoms with Crippen LogP contribution in [0.15, 0.2) is 11.6 Å². The number of aliphatic hydroxyl groups is 3. The van der Waals surface area contributed by atoms with Gasteiger partial charge < -0.3 is 29.5 Å². The molecule has 3 N–H and O–H groups in total. The molecule has 0 aromatic heterocycles. The Morgan fingerprint density at radius 3 is 2.51 bits per heavy atom. The molecule has 1 unspecified atom stereocenters. The number of hydrogen-bond donors (Lipinski definition) is 3. The Hall–Kier alpha value is -1.49. The van der Waals surface area contributed by atoms with Crippen LogP contribution >= 0.6 is 0 Å². The molecule has 1 saturated heterocycles. The van der Waals surface area contributed by atoms with Crippen molar-refractivity contribution in [3.8, 4) is 0 Å². The first-order valence-corrected chi connectivity index (χ1v) is 13.5. The van der Waals surface area contributed by atoms with Crippen molar-refractivity contribution in [2.75, 3.05) is 7.11 Å². The summed E-state index contributed by atoms with van der Waals surface area (Å²) in [6, 6.07) is 0. The van der Waals surface area contributed by atoms with Gasteiger partial charge in [0.15, 0.2) is 12.1 Å². The third-order valence-electron chi connectivity index (χ3n) is 10.6. The zero-order valence-electron chi connectivity index (χ0n) is 22.3. The van der Waals surface area contributed by atoms with E-state index in [9.17, 15) is 29.7 Å². The molecule has 12 atom stereocenters. The van der Waals surface area contributed by atoms with Gasteiger partial charge >= 0.3 is 0 Å². The average Bonchev–Trinajstić information content (AvgIpc) is 3.04. The highest BCUT2D eigenvalue weighted by Gasteiger charge is 2.73. The Morgan fingerprint density at radius 1 is 1.16 bits per heavy atom. The minimum Gasteiger partial charge on any atom is -0.388 e. The van der Waals surface area contributed by atoms with Gasteiger partial charge in [0, 0.05) is 43.1 Å². The van der Waals surface area contributed by atoms with E-state index in [-0.39, 0.29) is 36.3 Å². The largest absolute Gasteiger partial charge is 0.388 e. The van der Waals surface area contributed by atoms with E-state index in [2.05, 4.69) is 0 Å². The second-order valence-corrected chi connectivity index (χ2v) is 12.5. The summed E-state index contributed by atoms with van der Waals surface area (Å²) in [4.78, 5) is 39.4. The van der Waals surface area contributed by atoms with Crippen molar-refractivity contribution in [3.63, 3.8) is 0 Å². The Bertz CT molecular complexity index is 1020. The summed E-state index contributed by atoms with van der Waals surface area (Å²) in [5, 5.41) is 32.9. The van der Waals surface area contributed by atoms with Crippen LogP contribution in [0.3, 0.4) is 0 Å². The smallest absolute Gasteiger partial charge is 0.186 e. The van der Waals surface area contributed by atoms with Gasteiger partial charge in [0.25, 0.3) is 0 Å². The highest BCUT2D eigenvalue weighted by Crippen LogP contribution is 2.66. The van der Waals surface area contributed by atoms with Gasteiger partial charge in [-0.05, 0) is 44.9 Å². The monoisotopic (exact) mass is 520 g/mol. The average molecular weight is 521 g/mol. The first-order chi connectivity index (χ1) is 17.3. The van der Waals surface area contributed by atoms with Crippen molar-refractivity contribution in [1.82, 2.24) is 0 Å². The maximum absolute atomic E-state index is 13.7. The van der Waals surface area contributed by atoms with Gasteiger partial charge in [-0.3, -0.25) is 14.4 Å². The molecule has 5 aliphatic rings. The maximum Gasteiger partial charge on any atom is 0.186 e. The highest BCUT2D eigenvalue weighted by molar-refractivity contribution is 6.01. The maximum atomic E-state index is 13.7. The molecule has 206 valence electrons. The van der Waals surface area contributed by atoms with Crippen LogP contribution in [0.4, 0.5) is 0 Å². The first kappa shape index (κ1) is 27.1. The third-order valence-corrected chi connectivity index (χ3v) is 10.6. The van der Waals surface area contributed by atoms with E-state index in [1.807, 2.05) is 13.0 Å². The molecule has 5 rings (SSSR count). The number of hydrogen-bond acceptors (Lipinski definition) is 9. The lowest BCUT2D eigenvalue weighted by molar-refractivity contribution is -0.309. The topological polar surface area (TPSA) is 140 Å². The number of carbonyl (C=O) groups is 3. The van der Waals surface area contributed by atoms with Crippen LogP contribution in [0.5, 0.6) is 0 Å². The van der Waals surface area contributed by atoms with E-state index in [1.165, 1.54) is 14.0 Å². The Kier molecular flexibility index (Phi) is 6.61. The van der Waals surface area contributed by atoms with Crippen LogP contribution in [0.1, 0.15) is 66.2 Å². The van der Waals surface area contributed by atoms with Gasteiger partial charge in [-0.1, -0.05) is 25.5 Å². The molecule has 1 aliphatic heterocycles. The lowest BCUT2D eigenvalue weighted by atomic mass is 9.45. The second-order valence-electron chi connectivity index (χ2n) is 12.5. The molecule has 37 heavy (non-hydrogen) atoms. The molecule has 9 nitrogen and oxygen atoms in total. The van der Waals surface area contributed by atoms with Crippen molar-refractivity contribution >= 4 is 17.3 Å². The van der Waals surface area contributed by atoms with E-state index in [0.29, 0.717) is 25.7 Å². The number of ketones is 3. The third kappa shape index (κ3) is 3.68. The molecule has 9 heteroatoms. The summed E-state index contributed by atoms with van der Waals surface area (Å²) in [7, 11) is 1.43. The van der Waals surface area contributed by atoms with Gasteiger partial charge in [0.1, 0.15) is 35.5 Å². The van der Waals surface area contributed by atoms with Crippen LogP contribution in [0, 0.1) is 28.6 Å². The van der Waals surface area contributed by atoms with Gasteiger partial charge in [0.05, 0.1) is 12.2 Å². The molecule has 0 radical (unpaired) electrons. The zero-order valence-corrected chi connectivity index (χ0v) is 22.3. The molecule has 4 aliphatic carbocycles. The number of ether oxygens (including phenoxy) is 3. The van der Waals surface area contributed by atoms with E-state index in [4.69, 9.17) is 14.2 Å². The molecule has 1 heterocycles. The highest BCUT2D eigenvalue weighted by atomic mass is 16.7. The number of aliphatic hydroxyl groups excluding tert-OH is 2. The summed E-state index contributed by atoms with van der Waals surface area (Å²) >= 11 is 0. The van der Waals surface area contributed by atoms with Crippen molar-refractivity contribution in [2.24, 2.45) is 28.6 Å². The molecule has 0 aromatic carbocycles. The minimum atomic E-state index is -1.70. The summed E-state index contributed by atoms with van der Waals surface area (Å²) in [5.74, 6) is -2.17. The van der Waals surface area contributed by atoms with Gasteiger partial charge in [-0.15, -0.1) is 0 Å². The summed E-state index contributed by atoms with van der Waals surface area (Å²) in [5.41, 5.74) is -2.26. The fourth-order valence-electron chi connectivity index (χ4n) is 8.51. The number of rotatable bonds is 4. The molecule has 0 bridgehead atoms. The lowest BCUT2D eigenvalue weighted by Gasteiger charge is -2.59. The molecule has 0 aromatic rings. The standard InChI is InChI=1S/C28H40O9/c1-13(29)18-11-20(31)28(34)17-7-6-15-10-16(37-25-23(33)24(35-5)22(32)14(2)36-25)8-9-26(15,3)21(17)19(30)12-27(18,28)4/h6,14,16-18,21-25,32-34H,7-12H2,1-5H3/t14-,16+,17-,18+,21-,22+,23-,24+,25?,26+,27-,28-/m1/s1. The van der Waals surface area contributed by atoms with Gasteiger partial charge in [-0.25, -0.2) is 0 Å². The van der Waals surface area contributed by atoms with Crippen molar-refractivity contribution in [1.29, 1.82) is 0 Å². The Morgan fingerprint density at radius 2 is 1.86 bits per heavy atom. The SMILES string of the molecule is CO[C@H]1[C@@H](O)[C@@H](C)OC(O[C@H]2CC[C@@]3(C)C(=CC[C@@H]4[C@@H]3C(=O)C[C@]3(C)[C@H](C(C)=O)CC(=O)[C@]43O)C2)[C@@H]1O. The van der Waals surface area contributed by atoms with Crippen molar-refractivity contribution < 1.29 is 43.9 Å². The summed E-state index contributed by atoms with van der Waals surface area (Å²) in [6.45, 7) is 6.93. The van der Waals surface area contributed by atoms with E-state index >= 15 is 0 Å². The van der Waals surface area contributed by atoms with Crippen LogP contribution in [-0.4, -0.2) is 82.2 Å². The second kappa shape index (κ2) is 9.03. The minimum absolute atomic E-state index is 0.0126. The van der Waals surface area contributed by atoms with E-state index in [0.717, 1.165) is 5.57 Å². The predicted molar refractivity (Wildman–Crippen MR) is 130 cm³/mol. The fourth-order valence-corrected chi connectivity index (χ4v) is 8.51. The number of carbonyl (C=O) groups excluding carboxylic acids is 3. The summed E-state index contributed by atoms with van der Waals surface area (Å²) in [6.07, 6.45) is -0.545. The van der Waals surface area contributed by atoms with Crippen LogP contribution in [0.25, 0.3) is 0 Å². The molecule has 0 spiro atoms. The van der Waals surface area contributed by atoms with Crippen LogP contribution < -0.4 is 0 Å². The molecule has 4 fully saturated rings. The molecule has 3 saturated carbocycles. The first-order valence-electron chi connectivity index (χ1n) is 13.5. The fraction of sp³-hybridized carbons (Fsp3) is 0.821. The van der Waals surface area contributed by atoms with Crippen LogP contribution in [0.2, 0.25) is 0 Å². The predicted octanol–water partition coefficient (Wildman–Crippen LogP) is 1.49. The zero-order chi connectivity index (χ0) is 27.1. The van der Waals surface area contributed by atoms with Gasteiger partial charge in [0.2, 0.25) is 0 Å². The molecule has 0 amide bonds. The van der Waals surface area contributed by atoms with E-state index in [1.54, 1.807) is 13.8 Å². The number of methoxy groups -OCH3 is 1. The Labute approximate surface area is 217 Å². The van der Waals surface area contributed by atoms with Crippen molar-refractivity contribution in [3.05, 3.63) is 11.6 Å². The molecular weight excluding hydrogens is 480 g/mol. The number of allylic oxidation sites excluding steroid dienone is 1. The number of fused-ring (bicyclic) bond motifs is 5.